The Morgan fingerprint density at radius 2 is 2.00 bits per heavy atom. The summed E-state index contributed by atoms with van der Waals surface area (Å²) in [6.07, 6.45) is 3.76. The largest absolute Gasteiger partial charge is 0.497 e. The van der Waals surface area contributed by atoms with Gasteiger partial charge in [0.2, 0.25) is 0 Å². The van der Waals surface area contributed by atoms with Crippen molar-refractivity contribution < 1.29 is 9.47 Å². The van der Waals surface area contributed by atoms with Crippen molar-refractivity contribution in [3.63, 3.8) is 0 Å². The van der Waals surface area contributed by atoms with Crippen LogP contribution in [0.2, 0.25) is 0 Å². The smallest absolute Gasteiger partial charge is 0.193 e. The van der Waals surface area contributed by atoms with Crippen LogP contribution in [0.3, 0.4) is 0 Å². The first-order valence-electron chi connectivity index (χ1n) is 9.96. The maximum Gasteiger partial charge on any atom is 0.193 e. The Balaban J connectivity index is 1.96. The van der Waals surface area contributed by atoms with Crippen LogP contribution in [0.1, 0.15) is 31.7 Å². The summed E-state index contributed by atoms with van der Waals surface area (Å²) in [5, 5.41) is 3.41. The van der Waals surface area contributed by atoms with Crippen molar-refractivity contribution in [2.45, 2.75) is 32.7 Å². The third-order valence-corrected chi connectivity index (χ3v) is 5.24. The number of likely N-dealkylation sites (tertiary alicyclic amines) is 1. The molecule has 0 bridgehead atoms. The molecule has 0 spiro atoms. The molecule has 1 saturated heterocycles. The molecule has 1 aromatic rings. The van der Waals surface area contributed by atoms with E-state index < -0.39 is 0 Å². The Kier molecular flexibility index (Phi) is 8.72. The quantitative estimate of drug-likeness (QED) is 0.558. The molecule has 27 heavy (non-hydrogen) atoms. The highest BCUT2D eigenvalue weighted by Crippen LogP contribution is 2.25. The van der Waals surface area contributed by atoms with E-state index in [1.54, 1.807) is 14.2 Å². The van der Waals surface area contributed by atoms with Crippen molar-refractivity contribution in [2.24, 2.45) is 10.9 Å². The van der Waals surface area contributed by atoms with Gasteiger partial charge in [0.1, 0.15) is 11.5 Å². The number of benzene rings is 1. The normalized spacial score (nSPS) is 16.3. The number of hydrogen-bond donors (Lipinski definition) is 1. The molecule has 0 atom stereocenters. The van der Waals surface area contributed by atoms with Crippen LogP contribution < -0.4 is 14.8 Å². The lowest BCUT2D eigenvalue weighted by molar-refractivity contribution is 0.214. The van der Waals surface area contributed by atoms with Gasteiger partial charge in [-0.15, -0.1) is 0 Å². The predicted octanol–water partition coefficient (Wildman–Crippen LogP) is 2.83. The molecule has 1 aliphatic heterocycles. The highest BCUT2D eigenvalue weighted by atomic mass is 16.5. The van der Waals surface area contributed by atoms with Crippen LogP contribution in [-0.4, -0.2) is 70.3 Å². The molecule has 0 unspecified atom stereocenters. The van der Waals surface area contributed by atoms with E-state index in [0.717, 1.165) is 48.6 Å². The second kappa shape index (κ2) is 11.0. The molecule has 6 heteroatoms. The molecular formula is C21H36N4O2. The fourth-order valence-corrected chi connectivity index (χ4v) is 3.49. The number of piperidine rings is 1. The highest BCUT2D eigenvalue weighted by molar-refractivity contribution is 5.79. The first-order chi connectivity index (χ1) is 13.1. The van der Waals surface area contributed by atoms with Crippen LogP contribution in [0.15, 0.2) is 23.2 Å². The molecule has 1 aromatic carbocycles. The molecule has 1 heterocycles. The summed E-state index contributed by atoms with van der Waals surface area (Å²) in [6, 6.07) is 5.94. The van der Waals surface area contributed by atoms with E-state index in [-0.39, 0.29) is 0 Å². The summed E-state index contributed by atoms with van der Waals surface area (Å²) in [5.41, 5.74) is 1.11. The number of rotatable bonds is 8. The molecule has 1 N–H and O–H groups in total. The summed E-state index contributed by atoms with van der Waals surface area (Å²) in [4.78, 5) is 9.44. The van der Waals surface area contributed by atoms with Crippen LogP contribution in [0.5, 0.6) is 11.5 Å². The maximum atomic E-state index is 5.53. The number of ether oxygens (including phenoxy) is 2. The van der Waals surface area contributed by atoms with Gasteiger partial charge in [0, 0.05) is 38.3 Å². The molecule has 1 aliphatic rings. The van der Waals surface area contributed by atoms with E-state index in [9.17, 15) is 0 Å². The van der Waals surface area contributed by atoms with Crippen LogP contribution in [0.25, 0.3) is 0 Å². The SMILES string of the molecule is CCNC(=NCCC1CCN(C)CC1)N(C)Cc1ccc(OC)cc1OC. The Morgan fingerprint density at radius 3 is 2.63 bits per heavy atom. The minimum Gasteiger partial charge on any atom is -0.497 e. The van der Waals surface area contributed by atoms with E-state index in [1.807, 2.05) is 12.1 Å². The van der Waals surface area contributed by atoms with E-state index in [1.165, 1.54) is 32.4 Å². The lowest BCUT2D eigenvalue weighted by atomic mass is 9.94. The van der Waals surface area contributed by atoms with Gasteiger partial charge < -0.3 is 24.6 Å². The molecule has 1 fully saturated rings. The summed E-state index contributed by atoms with van der Waals surface area (Å²) in [7, 11) is 7.64. The summed E-state index contributed by atoms with van der Waals surface area (Å²) in [6.45, 7) is 7.00. The van der Waals surface area contributed by atoms with Gasteiger partial charge in [-0.25, -0.2) is 0 Å². The third kappa shape index (κ3) is 6.61. The second-order valence-corrected chi connectivity index (χ2v) is 7.30. The fraction of sp³-hybridized carbons (Fsp3) is 0.667. The topological polar surface area (TPSA) is 49.3 Å². The van der Waals surface area contributed by atoms with Crippen molar-refractivity contribution in [3.8, 4) is 11.5 Å². The molecular weight excluding hydrogens is 340 g/mol. The van der Waals surface area contributed by atoms with Gasteiger partial charge in [-0.3, -0.25) is 4.99 Å². The van der Waals surface area contributed by atoms with Crippen LogP contribution in [0.4, 0.5) is 0 Å². The first-order valence-corrected chi connectivity index (χ1v) is 9.96. The van der Waals surface area contributed by atoms with Gasteiger partial charge in [0.05, 0.1) is 14.2 Å². The van der Waals surface area contributed by atoms with Crippen molar-refractivity contribution in [2.75, 3.05) is 54.5 Å². The highest BCUT2D eigenvalue weighted by Gasteiger charge is 2.16. The Hall–Kier alpha value is -1.95. The average molecular weight is 377 g/mol. The number of methoxy groups -OCH3 is 2. The van der Waals surface area contributed by atoms with Crippen molar-refractivity contribution in [1.82, 2.24) is 15.1 Å². The van der Waals surface area contributed by atoms with Gasteiger partial charge in [-0.2, -0.15) is 0 Å². The minimum absolute atomic E-state index is 0.729. The molecule has 0 radical (unpaired) electrons. The number of nitrogens with one attached hydrogen (secondary N) is 1. The number of aliphatic imine (C=N–C) groups is 1. The zero-order valence-corrected chi connectivity index (χ0v) is 17.6. The molecule has 152 valence electrons. The van der Waals surface area contributed by atoms with Gasteiger partial charge in [0.15, 0.2) is 5.96 Å². The molecule has 0 saturated carbocycles. The minimum atomic E-state index is 0.729. The summed E-state index contributed by atoms with van der Waals surface area (Å²) >= 11 is 0. The first kappa shape index (κ1) is 21.4. The van der Waals surface area contributed by atoms with Crippen molar-refractivity contribution in [1.29, 1.82) is 0 Å². The Labute approximate surface area is 164 Å². The van der Waals surface area contributed by atoms with E-state index in [0.29, 0.717) is 0 Å². The average Bonchev–Trinajstić information content (AvgIpc) is 2.69. The van der Waals surface area contributed by atoms with Crippen molar-refractivity contribution in [3.05, 3.63) is 23.8 Å². The fourth-order valence-electron chi connectivity index (χ4n) is 3.49. The predicted molar refractivity (Wildman–Crippen MR) is 112 cm³/mol. The monoisotopic (exact) mass is 376 g/mol. The third-order valence-electron chi connectivity index (χ3n) is 5.24. The molecule has 0 amide bonds. The molecule has 0 aliphatic carbocycles. The second-order valence-electron chi connectivity index (χ2n) is 7.30. The zero-order chi connectivity index (χ0) is 19.6. The maximum absolute atomic E-state index is 5.53. The van der Waals surface area contributed by atoms with E-state index in [4.69, 9.17) is 14.5 Å². The van der Waals surface area contributed by atoms with Crippen LogP contribution in [-0.2, 0) is 6.54 Å². The number of guanidine groups is 1. The van der Waals surface area contributed by atoms with Gasteiger partial charge >= 0.3 is 0 Å². The standard InChI is InChI=1S/C21H36N4O2/c1-6-22-21(23-12-9-17-10-13-24(2)14-11-17)25(3)16-18-7-8-19(26-4)15-20(18)27-5/h7-8,15,17H,6,9-14,16H2,1-5H3,(H,22,23). The summed E-state index contributed by atoms with van der Waals surface area (Å²) < 4.78 is 10.8. The molecule has 6 nitrogen and oxygen atoms in total. The molecule has 0 aromatic heterocycles. The number of nitrogens with zero attached hydrogens (tertiary/aromatic N) is 3. The lowest BCUT2D eigenvalue weighted by Gasteiger charge is -2.28. The Morgan fingerprint density at radius 1 is 1.26 bits per heavy atom. The van der Waals surface area contributed by atoms with E-state index >= 15 is 0 Å². The zero-order valence-electron chi connectivity index (χ0n) is 17.6. The summed E-state index contributed by atoms with van der Waals surface area (Å²) in [5.74, 6) is 3.39. The Bertz CT molecular complexity index is 598. The van der Waals surface area contributed by atoms with Gasteiger partial charge in [-0.05, 0) is 64.4 Å². The number of hydrogen-bond acceptors (Lipinski definition) is 4. The molecule has 2 rings (SSSR count). The van der Waals surface area contributed by atoms with Gasteiger partial charge in [0.25, 0.3) is 0 Å². The van der Waals surface area contributed by atoms with E-state index in [2.05, 4.69) is 42.2 Å². The van der Waals surface area contributed by atoms with Crippen LogP contribution >= 0.6 is 0 Å². The van der Waals surface area contributed by atoms with Crippen molar-refractivity contribution >= 4 is 5.96 Å². The van der Waals surface area contributed by atoms with Crippen LogP contribution in [0, 0.1) is 5.92 Å². The lowest BCUT2D eigenvalue weighted by Crippen LogP contribution is -2.38. The van der Waals surface area contributed by atoms with Gasteiger partial charge in [-0.1, -0.05) is 0 Å².